The molecule has 0 bridgehead atoms. The molecule has 156 valence electrons. The normalized spacial score (nSPS) is 10.7. The molecule has 7 nitrogen and oxygen atoms in total. The van der Waals surface area contributed by atoms with Crippen LogP contribution in [0.25, 0.3) is 11.3 Å². The number of ether oxygens (including phenoxy) is 1. The molecule has 30 heavy (non-hydrogen) atoms. The Bertz CT molecular complexity index is 1030. The lowest BCUT2D eigenvalue weighted by molar-refractivity contribution is 0.102. The first kappa shape index (κ1) is 21.2. The molecule has 3 rings (SSSR count). The molecule has 1 aromatic carbocycles. The molecule has 10 heteroatoms. The molecule has 1 amide bonds. The van der Waals surface area contributed by atoms with E-state index >= 15 is 0 Å². The first-order valence-corrected chi connectivity index (χ1v) is 8.97. The fourth-order valence-electron chi connectivity index (χ4n) is 2.56. The maximum Gasteiger partial charge on any atom is 0.274 e. The van der Waals surface area contributed by atoms with Gasteiger partial charge in [-0.1, -0.05) is 6.07 Å². The van der Waals surface area contributed by atoms with Crippen molar-refractivity contribution in [1.82, 2.24) is 15.0 Å². The van der Waals surface area contributed by atoms with Crippen LogP contribution in [0.15, 0.2) is 42.9 Å². The van der Waals surface area contributed by atoms with Crippen LogP contribution < -0.4 is 10.1 Å². The highest BCUT2D eigenvalue weighted by Crippen LogP contribution is 2.27. The maximum absolute atomic E-state index is 14.2. The number of aliphatic hydroxyl groups excluding tert-OH is 1. The molecular weight excluding hydrogens is 401 g/mol. The molecule has 0 aliphatic rings. The number of nitrogens with one attached hydrogen (secondary N) is 1. The van der Waals surface area contributed by atoms with Crippen molar-refractivity contribution in [3.63, 3.8) is 0 Å². The quantitative estimate of drug-likeness (QED) is 0.545. The summed E-state index contributed by atoms with van der Waals surface area (Å²) in [4.78, 5) is 24.1. The van der Waals surface area contributed by atoms with Crippen molar-refractivity contribution in [2.24, 2.45) is 0 Å². The van der Waals surface area contributed by atoms with Gasteiger partial charge in [0.2, 0.25) is 5.88 Å². The third-order valence-electron chi connectivity index (χ3n) is 3.99. The minimum absolute atomic E-state index is 0.0257. The van der Waals surface area contributed by atoms with Crippen molar-refractivity contribution >= 4 is 11.6 Å². The highest BCUT2D eigenvalue weighted by atomic mass is 19.1. The number of nitrogens with zero attached hydrogens (tertiary/aromatic N) is 3. The Morgan fingerprint density at radius 3 is 2.57 bits per heavy atom. The Morgan fingerprint density at radius 1 is 1.07 bits per heavy atom. The molecule has 0 saturated heterocycles. The predicted molar refractivity (Wildman–Crippen MR) is 101 cm³/mol. The number of amides is 1. The van der Waals surface area contributed by atoms with Crippen LogP contribution in [-0.2, 0) is 0 Å². The standard InChI is InChI=1S/C20H17F3N4O3/c21-12-4-3-5-13(22)17(12)18-14(23)6-7-15(26-18)19(29)27-16-10-24-11-25-20(16)30-9-2-1-8-28/h3-7,10-11,28H,1-2,8-9H2,(H,27,29). The number of rotatable bonds is 8. The first-order valence-electron chi connectivity index (χ1n) is 8.97. The lowest BCUT2D eigenvalue weighted by Crippen LogP contribution is -2.16. The van der Waals surface area contributed by atoms with Crippen LogP contribution in [0.5, 0.6) is 5.88 Å². The average Bonchev–Trinajstić information content (AvgIpc) is 2.73. The highest BCUT2D eigenvalue weighted by Gasteiger charge is 2.20. The maximum atomic E-state index is 14.2. The second-order valence-electron chi connectivity index (χ2n) is 6.10. The third-order valence-corrected chi connectivity index (χ3v) is 3.99. The third kappa shape index (κ3) is 4.90. The van der Waals surface area contributed by atoms with Crippen LogP contribution in [0.2, 0.25) is 0 Å². The van der Waals surface area contributed by atoms with Gasteiger partial charge in [0, 0.05) is 6.61 Å². The second kappa shape index (κ2) is 9.79. The SMILES string of the molecule is O=C(Nc1cncnc1OCCCCO)c1ccc(F)c(-c2c(F)cccc2F)n1. The summed E-state index contributed by atoms with van der Waals surface area (Å²) in [6, 6.07) is 5.05. The topological polar surface area (TPSA) is 97.2 Å². The van der Waals surface area contributed by atoms with Crippen LogP contribution in [0.4, 0.5) is 18.9 Å². The molecule has 0 atom stereocenters. The van der Waals surface area contributed by atoms with Gasteiger partial charge in [0.05, 0.1) is 18.4 Å². The average molecular weight is 418 g/mol. The molecule has 0 unspecified atom stereocenters. The number of aromatic nitrogens is 3. The lowest BCUT2D eigenvalue weighted by atomic mass is 10.1. The number of aliphatic hydroxyl groups is 1. The minimum atomic E-state index is -1.01. The van der Waals surface area contributed by atoms with Crippen molar-refractivity contribution in [1.29, 1.82) is 0 Å². The number of anilines is 1. The van der Waals surface area contributed by atoms with Crippen LogP contribution in [0.1, 0.15) is 23.3 Å². The number of unbranched alkanes of at least 4 members (excludes halogenated alkanes) is 1. The Balaban J connectivity index is 1.84. The summed E-state index contributed by atoms with van der Waals surface area (Å²) in [6.45, 7) is 0.282. The summed E-state index contributed by atoms with van der Waals surface area (Å²) in [5.41, 5.74) is -1.43. The Kier molecular flexibility index (Phi) is 6.91. The monoisotopic (exact) mass is 418 g/mol. The van der Waals surface area contributed by atoms with Crippen LogP contribution in [0.3, 0.4) is 0 Å². The minimum Gasteiger partial charge on any atom is -0.476 e. The van der Waals surface area contributed by atoms with Crippen molar-refractivity contribution in [2.75, 3.05) is 18.5 Å². The zero-order valence-corrected chi connectivity index (χ0v) is 15.6. The summed E-state index contributed by atoms with van der Waals surface area (Å²) in [5.74, 6) is -3.67. The van der Waals surface area contributed by atoms with Gasteiger partial charge >= 0.3 is 0 Å². The fraction of sp³-hybridized carbons (Fsp3) is 0.200. The summed E-state index contributed by atoms with van der Waals surface area (Å²) in [7, 11) is 0. The van der Waals surface area contributed by atoms with E-state index < -0.39 is 34.6 Å². The predicted octanol–water partition coefficient (Wildman–Crippen LogP) is 3.36. The van der Waals surface area contributed by atoms with Crippen LogP contribution in [-0.4, -0.2) is 39.2 Å². The van der Waals surface area contributed by atoms with Gasteiger partial charge in [-0.2, -0.15) is 4.98 Å². The van der Waals surface area contributed by atoms with Crippen molar-refractivity contribution in [3.8, 4) is 17.1 Å². The molecule has 0 spiro atoms. The van der Waals surface area contributed by atoms with E-state index in [1.165, 1.54) is 12.5 Å². The molecular formula is C20H17F3N4O3. The summed E-state index contributed by atoms with van der Waals surface area (Å²) >= 11 is 0. The second-order valence-corrected chi connectivity index (χ2v) is 6.10. The van der Waals surface area contributed by atoms with Crippen LogP contribution >= 0.6 is 0 Å². The van der Waals surface area contributed by atoms with E-state index in [0.717, 1.165) is 30.3 Å². The molecule has 3 aromatic rings. The number of hydrogen-bond donors (Lipinski definition) is 2. The van der Waals surface area contributed by atoms with Gasteiger partial charge in [-0.3, -0.25) is 4.79 Å². The molecule has 0 radical (unpaired) electrons. The largest absolute Gasteiger partial charge is 0.476 e. The summed E-state index contributed by atoms with van der Waals surface area (Å²) in [5, 5.41) is 11.3. The number of hydrogen-bond acceptors (Lipinski definition) is 6. The van der Waals surface area contributed by atoms with E-state index in [1.54, 1.807) is 0 Å². The zero-order chi connectivity index (χ0) is 21.5. The van der Waals surface area contributed by atoms with Gasteiger partial charge in [0.1, 0.15) is 40.9 Å². The van der Waals surface area contributed by atoms with Crippen LogP contribution in [0, 0.1) is 17.5 Å². The Labute approximate surface area is 169 Å². The van der Waals surface area contributed by atoms with E-state index in [9.17, 15) is 18.0 Å². The van der Waals surface area contributed by atoms with Crippen molar-refractivity contribution in [3.05, 3.63) is 66.0 Å². The van der Waals surface area contributed by atoms with E-state index in [2.05, 4.69) is 20.3 Å². The van der Waals surface area contributed by atoms with E-state index in [0.29, 0.717) is 12.8 Å². The van der Waals surface area contributed by atoms with E-state index in [4.69, 9.17) is 9.84 Å². The van der Waals surface area contributed by atoms with Gasteiger partial charge in [0.25, 0.3) is 5.91 Å². The molecule has 0 saturated carbocycles. The van der Waals surface area contributed by atoms with Crippen molar-refractivity contribution in [2.45, 2.75) is 12.8 Å². The number of pyridine rings is 1. The molecule has 0 fully saturated rings. The molecule has 2 heterocycles. The number of carbonyl (C=O) groups excluding carboxylic acids is 1. The molecule has 0 aliphatic heterocycles. The molecule has 0 aliphatic carbocycles. The van der Waals surface area contributed by atoms with E-state index in [1.807, 2.05) is 0 Å². The van der Waals surface area contributed by atoms with Gasteiger partial charge < -0.3 is 15.2 Å². The number of halogens is 3. The summed E-state index contributed by atoms with van der Waals surface area (Å²) in [6.07, 6.45) is 3.64. The fourth-order valence-corrected chi connectivity index (χ4v) is 2.56. The smallest absolute Gasteiger partial charge is 0.274 e. The number of benzene rings is 1. The highest BCUT2D eigenvalue weighted by molar-refractivity contribution is 6.03. The van der Waals surface area contributed by atoms with Gasteiger partial charge in [-0.15, -0.1) is 0 Å². The number of carbonyl (C=O) groups is 1. The van der Waals surface area contributed by atoms with Gasteiger partial charge in [0.15, 0.2) is 0 Å². The Morgan fingerprint density at radius 2 is 1.83 bits per heavy atom. The lowest BCUT2D eigenvalue weighted by Gasteiger charge is -2.11. The van der Waals surface area contributed by atoms with Crippen molar-refractivity contribution < 1.29 is 27.8 Å². The molecule has 2 aromatic heterocycles. The first-order chi connectivity index (χ1) is 14.5. The van der Waals surface area contributed by atoms with E-state index in [-0.39, 0.29) is 30.5 Å². The molecule has 2 N–H and O–H groups in total. The Hall–Kier alpha value is -3.53. The summed E-state index contributed by atoms with van der Waals surface area (Å²) < 4.78 is 47.7. The van der Waals surface area contributed by atoms with Gasteiger partial charge in [-0.25, -0.2) is 23.1 Å². The zero-order valence-electron chi connectivity index (χ0n) is 15.6. The van der Waals surface area contributed by atoms with Gasteiger partial charge in [-0.05, 0) is 37.1 Å².